The van der Waals surface area contributed by atoms with E-state index in [1.54, 1.807) is 12.1 Å². The van der Waals surface area contributed by atoms with Crippen molar-refractivity contribution in [2.75, 3.05) is 11.9 Å². The van der Waals surface area contributed by atoms with Crippen LogP contribution in [0.1, 0.15) is 57.1 Å². The van der Waals surface area contributed by atoms with Crippen molar-refractivity contribution < 1.29 is 9.13 Å². The van der Waals surface area contributed by atoms with Gasteiger partial charge in [0.25, 0.3) is 0 Å². The summed E-state index contributed by atoms with van der Waals surface area (Å²) in [7, 11) is 0. The smallest absolute Gasteiger partial charge is 0.123 e. The fraction of sp³-hybridized carbons (Fsp3) is 0.625. The van der Waals surface area contributed by atoms with Crippen LogP contribution in [0.2, 0.25) is 0 Å². The zero-order chi connectivity index (χ0) is 13.9. The quantitative estimate of drug-likeness (QED) is 0.398. The van der Waals surface area contributed by atoms with E-state index in [0.29, 0.717) is 5.33 Å². The molecule has 0 saturated heterocycles. The van der Waals surface area contributed by atoms with Crippen molar-refractivity contribution in [3.8, 4) is 0 Å². The van der Waals surface area contributed by atoms with E-state index in [9.17, 15) is 4.39 Å². The third-order valence-electron chi connectivity index (χ3n) is 3.18. The second-order valence-corrected chi connectivity index (χ2v) is 5.48. The lowest BCUT2D eigenvalue weighted by molar-refractivity contribution is 0.0665. The van der Waals surface area contributed by atoms with Gasteiger partial charge in [-0.2, -0.15) is 0 Å². The molecule has 0 heterocycles. The van der Waals surface area contributed by atoms with Crippen LogP contribution >= 0.6 is 15.9 Å². The van der Waals surface area contributed by atoms with Crippen LogP contribution in [0, 0.1) is 5.82 Å². The standard InChI is InChI=1S/C16H24BrFO/c1-2-3-4-5-6-7-11-19-16(13-17)14-9-8-10-15(18)12-14/h8-10,12,16H,2-7,11,13H2,1H3. The minimum atomic E-state index is -0.202. The van der Waals surface area contributed by atoms with Gasteiger partial charge in [-0.1, -0.05) is 67.1 Å². The Hall–Kier alpha value is -0.410. The third-order valence-corrected chi connectivity index (χ3v) is 3.77. The number of benzene rings is 1. The Morgan fingerprint density at radius 3 is 2.58 bits per heavy atom. The van der Waals surface area contributed by atoms with Crippen molar-refractivity contribution in [3.63, 3.8) is 0 Å². The predicted octanol–water partition coefficient (Wildman–Crippen LogP) is 5.64. The summed E-state index contributed by atoms with van der Waals surface area (Å²) < 4.78 is 19.0. The number of hydrogen-bond acceptors (Lipinski definition) is 1. The van der Waals surface area contributed by atoms with Crippen LogP contribution in [0.3, 0.4) is 0 Å². The molecule has 0 fully saturated rings. The molecule has 0 N–H and O–H groups in total. The van der Waals surface area contributed by atoms with E-state index in [-0.39, 0.29) is 11.9 Å². The highest BCUT2D eigenvalue weighted by atomic mass is 79.9. The molecular formula is C16H24BrFO. The van der Waals surface area contributed by atoms with Crippen LogP contribution in [0.5, 0.6) is 0 Å². The van der Waals surface area contributed by atoms with E-state index in [0.717, 1.165) is 18.6 Å². The SMILES string of the molecule is CCCCCCCCOC(CBr)c1cccc(F)c1. The summed E-state index contributed by atoms with van der Waals surface area (Å²) in [5.74, 6) is -0.202. The molecule has 0 aliphatic rings. The van der Waals surface area contributed by atoms with Gasteiger partial charge in [-0.25, -0.2) is 4.39 Å². The lowest BCUT2D eigenvalue weighted by atomic mass is 10.1. The summed E-state index contributed by atoms with van der Waals surface area (Å²) in [5.41, 5.74) is 0.905. The number of rotatable bonds is 10. The molecular weight excluding hydrogens is 307 g/mol. The third kappa shape index (κ3) is 7.07. The van der Waals surface area contributed by atoms with E-state index in [4.69, 9.17) is 4.74 Å². The summed E-state index contributed by atoms with van der Waals surface area (Å²) >= 11 is 3.43. The van der Waals surface area contributed by atoms with Gasteiger partial charge in [0.1, 0.15) is 5.82 Å². The molecule has 108 valence electrons. The zero-order valence-corrected chi connectivity index (χ0v) is 13.3. The highest BCUT2D eigenvalue weighted by molar-refractivity contribution is 9.09. The monoisotopic (exact) mass is 330 g/mol. The summed E-state index contributed by atoms with van der Waals surface area (Å²) in [5, 5.41) is 0.701. The average Bonchev–Trinajstić information content (AvgIpc) is 2.42. The second kappa shape index (κ2) is 10.4. The summed E-state index contributed by atoms with van der Waals surface area (Å²) in [4.78, 5) is 0. The molecule has 0 amide bonds. The van der Waals surface area contributed by atoms with E-state index >= 15 is 0 Å². The van der Waals surface area contributed by atoms with Crippen molar-refractivity contribution in [2.45, 2.75) is 51.6 Å². The molecule has 0 aromatic heterocycles. The molecule has 1 aromatic carbocycles. The van der Waals surface area contributed by atoms with Crippen LogP contribution < -0.4 is 0 Å². The molecule has 1 rings (SSSR count). The van der Waals surface area contributed by atoms with Gasteiger partial charge in [0.2, 0.25) is 0 Å². The fourth-order valence-corrected chi connectivity index (χ4v) is 2.61. The van der Waals surface area contributed by atoms with E-state index in [2.05, 4.69) is 22.9 Å². The molecule has 0 bridgehead atoms. The second-order valence-electron chi connectivity index (χ2n) is 4.84. The van der Waals surface area contributed by atoms with Crippen molar-refractivity contribution in [2.24, 2.45) is 0 Å². The van der Waals surface area contributed by atoms with Crippen LogP contribution in [-0.4, -0.2) is 11.9 Å². The van der Waals surface area contributed by atoms with Crippen LogP contribution in [0.15, 0.2) is 24.3 Å². The first kappa shape index (κ1) is 16.6. The van der Waals surface area contributed by atoms with Gasteiger partial charge in [-0.15, -0.1) is 0 Å². The Morgan fingerprint density at radius 1 is 1.16 bits per heavy atom. The predicted molar refractivity (Wildman–Crippen MR) is 82.3 cm³/mol. The van der Waals surface area contributed by atoms with Crippen molar-refractivity contribution in [1.82, 2.24) is 0 Å². The molecule has 1 aromatic rings. The number of halogens is 2. The Labute approximate surface area is 124 Å². The first-order chi connectivity index (χ1) is 9.27. The molecule has 0 saturated carbocycles. The Morgan fingerprint density at radius 2 is 1.89 bits per heavy atom. The first-order valence-corrected chi connectivity index (χ1v) is 8.33. The normalized spacial score (nSPS) is 12.6. The largest absolute Gasteiger partial charge is 0.373 e. The van der Waals surface area contributed by atoms with Gasteiger partial charge in [-0.05, 0) is 24.1 Å². The van der Waals surface area contributed by atoms with E-state index < -0.39 is 0 Å². The highest BCUT2D eigenvalue weighted by Crippen LogP contribution is 2.21. The van der Waals surface area contributed by atoms with E-state index in [1.807, 2.05) is 6.07 Å². The molecule has 1 nitrogen and oxygen atoms in total. The molecule has 1 atom stereocenters. The number of alkyl halides is 1. The Kier molecular flexibility index (Phi) is 9.10. The average molecular weight is 331 g/mol. The Balaban J connectivity index is 2.22. The number of ether oxygens (including phenoxy) is 1. The fourth-order valence-electron chi connectivity index (χ4n) is 2.04. The summed E-state index contributed by atoms with van der Waals surface area (Å²) in [6, 6.07) is 6.65. The molecule has 0 aliphatic carbocycles. The molecule has 0 spiro atoms. The molecule has 0 aliphatic heterocycles. The maximum atomic E-state index is 13.2. The van der Waals surface area contributed by atoms with Crippen molar-refractivity contribution >= 4 is 15.9 Å². The Bertz CT molecular complexity index is 343. The van der Waals surface area contributed by atoms with Gasteiger partial charge in [0.05, 0.1) is 6.10 Å². The van der Waals surface area contributed by atoms with Gasteiger partial charge >= 0.3 is 0 Å². The zero-order valence-electron chi connectivity index (χ0n) is 11.7. The topological polar surface area (TPSA) is 9.23 Å². The van der Waals surface area contributed by atoms with Crippen molar-refractivity contribution in [1.29, 1.82) is 0 Å². The van der Waals surface area contributed by atoms with Crippen molar-refractivity contribution in [3.05, 3.63) is 35.6 Å². The van der Waals surface area contributed by atoms with Crippen LogP contribution in [-0.2, 0) is 4.74 Å². The lowest BCUT2D eigenvalue weighted by Crippen LogP contribution is -2.07. The maximum Gasteiger partial charge on any atom is 0.123 e. The summed E-state index contributed by atoms with van der Waals surface area (Å²) in [6.45, 7) is 2.97. The highest BCUT2D eigenvalue weighted by Gasteiger charge is 2.10. The molecule has 19 heavy (non-hydrogen) atoms. The number of unbranched alkanes of at least 4 members (excludes halogenated alkanes) is 5. The first-order valence-electron chi connectivity index (χ1n) is 7.21. The minimum Gasteiger partial charge on any atom is -0.373 e. The van der Waals surface area contributed by atoms with Gasteiger partial charge in [0.15, 0.2) is 0 Å². The maximum absolute atomic E-state index is 13.2. The summed E-state index contributed by atoms with van der Waals surface area (Å²) in [6.07, 6.45) is 7.47. The number of hydrogen-bond donors (Lipinski definition) is 0. The van der Waals surface area contributed by atoms with Crippen LogP contribution in [0.25, 0.3) is 0 Å². The lowest BCUT2D eigenvalue weighted by Gasteiger charge is -2.15. The van der Waals surface area contributed by atoms with Crippen LogP contribution in [0.4, 0.5) is 4.39 Å². The molecule has 1 unspecified atom stereocenters. The van der Waals surface area contributed by atoms with Gasteiger partial charge in [0, 0.05) is 11.9 Å². The van der Waals surface area contributed by atoms with Gasteiger partial charge < -0.3 is 4.74 Å². The molecule has 3 heteroatoms. The van der Waals surface area contributed by atoms with E-state index in [1.165, 1.54) is 38.2 Å². The minimum absolute atomic E-state index is 0.0497. The molecule has 0 radical (unpaired) electrons. The van der Waals surface area contributed by atoms with Gasteiger partial charge in [-0.3, -0.25) is 0 Å².